The summed E-state index contributed by atoms with van der Waals surface area (Å²) in [6.45, 7) is 8.17. The molecule has 5 heteroatoms. The van der Waals surface area contributed by atoms with Crippen LogP contribution in [-0.2, 0) is 23.8 Å². The molecule has 0 unspecified atom stereocenters. The van der Waals surface area contributed by atoms with Crippen molar-refractivity contribution in [1.82, 2.24) is 0 Å². The van der Waals surface area contributed by atoms with Crippen molar-refractivity contribution in [1.29, 1.82) is 0 Å². The Hall–Kier alpha value is -1.10. The van der Waals surface area contributed by atoms with Crippen molar-refractivity contribution >= 4 is 11.9 Å². The zero-order chi connectivity index (χ0) is 16.0. The van der Waals surface area contributed by atoms with Crippen molar-refractivity contribution in [3.63, 3.8) is 0 Å². The molecule has 0 amide bonds. The third-order valence-electron chi connectivity index (χ3n) is 6.77. The van der Waals surface area contributed by atoms with Crippen LogP contribution < -0.4 is 0 Å². The third kappa shape index (κ3) is 1.48. The van der Waals surface area contributed by atoms with Gasteiger partial charge in [-0.25, -0.2) is 0 Å². The van der Waals surface area contributed by atoms with E-state index in [1.165, 1.54) is 0 Å². The van der Waals surface area contributed by atoms with Crippen LogP contribution in [0.25, 0.3) is 0 Å². The van der Waals surface area contributed by atoms with E-state index in [9.17, 15) is 9.59 Å². The van der Waals surface area contributed by atoms with Crippen LogP contribution in [0, 0.1) is 11.3 Å². The summed E-state index contributed by atoms with van der Waals surface area (Å²) in [5.41, 5.74) is -1.80. The highest BCUT2D eigenvalue weighted by atomic mass is 16.7. The Balaban J connectivity index is 1.83. The molecule has 4 fully saturated rings. The molecule has 0 aromatic rings. The van der Waals surface area contributed by atoms with Crippen LogP contribution in [0.4, 0.5) is 0 Å². The fourth-order valence-corrected chi connectivity index (χ4v) is 5.98. The lowest BCUT2D eigenvalue weighted by Crippen LogP contribution is -2.65. The molecule has 5 nitrogen and oxygen atoms in total. The van der Waals surface area contributed by atoms with E-state index in [4.69, 9.17) is 14.2 Å². The smallest absolute Gasteiger partial charge is 0.306 e. The van der Waals surface area contributed by atoms with Gasteiger partial charge in [0.1, 0.15) is 16.8 Å². The second-order valence-electron chi connectivity index (χ2n) is 8.33. The Bertz CT molecular complexity index is 569. The Morgan fingerprint density at radius 2 is 1.68 bits per heavy atom. The summed E-state index contributed by atoms with van der Waals surface area (Å²) in [7, 11) is 0. The fourth-order valence-electron chi connectivity index (χ4n) is 5.98. The minimum absolute atomic E-state index is 0.00875. The van der Waals surface area contributed by atoms with Gasteiger partial charge in [-0.1, -0.05) is 6.92 Å². The summed E-state index contributed by atoms with van der Waals surface area (Å²) < 4.78 is 17.8. The number of rotatable bonds is 0. The molecule has 5 atom stereocenters. The molecular formula is C17H24O5. The maximum Gasteiger partial charge on any atom is 0.306 e. The lowest BCUT2D eigenvalue weighted by molar-refractivity contribution is -0.204. The highest BCUT2D eigenvalue weighted by molar-refractivity contribution is 5.72. The van der Waals surface area contributed by atoms with Gasteiger partial charge in [-0.05, 0) is 33.6 Å². The molecule has 0 aromatic carbocycles. The molecule has 1 saturated carbocycles. The molecule has 3 saturated heterocycles. The zero-order valence-corrected chi connectivity index (χ0v) is 13.7. The standard InChI is InChI=1S/C17H24O5/c1-14(2)17-11(20-17)9-16(4)10(5-6-12(18)22-16)15(17,3)8-7-13(19)21-14/h10-11H,5-9H2,1-4H3/t10-,11-,15-,16+,17+/m1/s1. The quantitative estimate of drug-likeness (QED) is 0.508. The van der Waals surface area contributed by atoms with Crippen molar-refractivity contribution in [3.8, 4) is 0 Å². The second kappa shape index (κ2) is 3.86. The lowest BCUT2D eigenvalue weighted by atomic mass is 9.49. The van der Waals surface area contributed by atoms with Gasteiger partial charge in [0.2, 0.25) is 0 Å². The van der Waals surface area contributed by atoms with Gasteiger partial charge in [0.15, 0.2) is 0 Å². The second-order valence-corrected chi connectivity index (χ2v) is 8.33. The number of hydrogen-bond acceptors (Lipinski definition) is 5. The molecule has 3 heterocycles. The zero-order valence-electron chi connectivity index (χ0n) is 13.7. The monoisotopic (exact) mass is 308 g/mol. The van der Waals surface area contributed by atoms with E-state index in [2.05, 4.69) is 6.92 Å². The molecule has 22 heavy (non-hydrogen) atoms. The molecule has 0 bridgehead atoms. The van der Waals surface area contributed by atoms with E-state index in [0.717, 1.165) is 12.8 Å². The van der Waals surface area contributed by atoms with Crippen molar-refractivity contribution in [3.05, 3.63) is 0 Å². The average molecular weight is 308 g/mol. The van der Waals surface area contributed by atoms with Gasteiger partial charge in [-0.2, -0.15) is 0 Å². The molecule has 1 spiro atoms. The first-order chi connectivity index (χ1) is 10.1. The molecule has 122 valence electrons. The van der Waals surface area contributed by atoms with E-state index >= 15 is 0 Å². The Morgan fingerprint density at radius 3 is 2.41 bits per heavy atom. The molecule has 0 N–H and O–H groups in total. The van der Waals surface area contributed by atoms with E-state index in [1.54, 1.807) is 0 Å². The molecular weight excluding hydrogens is 284 g/mol. The Morgan fingerprint density at radius 1 is 1.00 bits per heavy atom. The van der Waals surface area contributed by atoms with Gasteiger partial charge in [0, 0.05) is 30.6 Å². The number of epoxide rings is 1. The minimum Gasteiger partial charge on any atom is -0.459 e. The van der Waals surface area contributed by atoms with Crippen molar-refractivity contribution in [2.75, 3.05) is 0 Å². The Kier molecular flexibility index (Phi) is 2.54. The van der Waals surface area contributed by atoms with Crippen LogP contribution in [0.2, 0.25) is 0 Å². The number of ether oxygens (including phenoxy) is 3. The van der Waals surface area contributed by atoms with E-state index in [-0.39, 0.29) is 29.4 Å². The number of carbonyl (C=O) groups is 2. The third-order valence-corrected chi connectivity index (χ3v) is 6.77. The molecule has 3 aliphatic heterocycles. The highest BCUT2D eigenvalue weighted by Crippen LogP contribution is 2.71. The molecule has 1 aliphatic carbocycles. The summed E-state index contributed by atoms with van der Waals surface area (Å²) in [5, 5.41) is 0. The maximum atomic E-state index is 12.1. The summed E-state index contributed by atoms with van der Waals surface area (Å²) in [6, 6.07) is 0. The minimum atomic E-state index is -0.650. The first kappa shape index (κ1) is 14.5. The summed E-state index contributed by atoms with van der Waals surface area (Å²) in [4.78, 5) is 23.9. The van der Waals surface area contributed by atoms with Gasteiger partial charge in [-0.15, -0.1) is 0 Å². The molecule has 0 radical (unpaired) electrons. The fraction of sp³-hybridized carbons (Fsp3) is 0.882. The largest absolute Gasteiger partial charge is 0.459 e. The number of cyclic esters (lactones) is 1. The topological polar surface area (TPSA) is 65.1 Å². The van der Waals surface area contributed by atoms with Crippen LogP contribution in [0.1, 0.15) is 59.8 Å². The first-order valence-electron chi connectivity index (χ1n) is 8.26. The van der Waals surface area contributed by atoms with E-state index in [0.29, 0.717) is 19.3 Å². The van der Waals surface area contributed by atoms with Gasteiger partial charge < -0.3 is 14.2 Å². The first-order valence-corrected chi connectivity index (χ1v) is 8.26. The summed E-state index contributed by atoms with van der Waals surface area (Å²) in [5.74, 6) is -0.0697. The van der Waals surface area contributed by atoms with Crippen molar-refractivity contribution < 1.29 is 23.8 Å². The lowest BCUT2D eigenvalue weighted by Gasteiger charge is -2.56. The van der Waals surface area contributed by atoms with Gasteiger partial charge in [-0.3, -0.25) is 9.59 Å². The van der Waals surface area contributed by atoms with Crippen molar-refractivity contribution in [2.24, 2.45) is 11.3 Å². The van der Waals surface area contributed by atoms with Crippen LogP contribution >= 0.6 is 0 Å². The number of carbonyl (C=O) groups excluding carboxylic acids is 2. The molecule has 4 rings (SSSR count). The van der Waals surface area contributed by atoms with Crippen LogP contribution in [0.3, 0.4) is 0 Å². The molecule has 4 aliphatic rings. The van der Waals surface area contributed by atoms with Crippen LogP contribution in [0.5, 0.6) is 0 Å². The summed E-state index contributed by atoms with van der Waals surface area (Å²) in [6.07, 6.45) is 3.06. The highest BCUT2D eigenvalue weighted by Gasteiger charge is 2.82. The SMILES string of the molecule is CC1(C)OC(=O)CC[C@]2(C)[C@H]3CCC(=O)O[C@@]3(C)C[C@H]3O[C@@]312. The number of esters is 2. The Labute approximate surface area is 130 Å². The number of hydrogen-bond donors (Lipinski definition) is 0. The number of fused-ring (bicyclic) bond motifs is 2. The maximum absolute atomic E-state index is 12.1. The normalized spacial score (nSPS) is 52.4. The van der Waals surface area contributed by atoms with Gasteiger partial charge in [0.25, 0.3) is 0 Å². The predicted octanol–water partition coefficient (Wildman–Crippen LogP) is 2.36. The van der Waals surface area contributed by atoms with Gasteiger partial charge >= 0.3 is 11.9 Å². The predicted molar refractivity (Wildman–Crippen MR) is 77.0 cm³/mol. The van der Waals surface area contributed by atoms with Crippen molar-refractivity contribution in [2.45, 2.75) is 82.7 Å². The average Bonchev–Trinajstić information content (AvgIpc) is 3.11. The van der Waals surface area contributed by atoms with Crippen LogP contribution in [0.15, 0.2) is 0 Å². The van der Waals surface area contributed by atoms with E-state index < -0.39 is 16.8 Å². The van der Waals surface area contributed by atoms with E-state index in [1.807, 2.05) is 20.8 Å². The summed E-state index contributed by atoms with van der Waals surface area (Å²) >= 11 is 0. The molecule has 0 aromatic heterocycles. The van der Waals surface area contributed by atoms with Crippen LogP contribution in [-0.4, -0.2) is 34.8 Å². The van der Waals surface area contributed by atoms with Gasteiger partial charge in [0.05, 0.1) is 6.10 Å².